The zero-order chi connectivity index (χ0) is 13.0. The molecule has 0 saturated carbocycles. The van der Waals surface area contributed by atoms with Crippen molar-refractivity contribution in [2.45, 2.75) is 19.8 Å². The van der Waals surface area contributed by atoms with Crippen LogP contribution in [-0.2, 0) is 0 Å². The Bertz CT molecular complexity index is 518. The van der Waals surface area contributed by atoms with Crippen molar-refractivity contribution in [1.82, 2.24) is 9.55 Å². The van der Waals surface area contributed by atoms with Gasteiger partial charge in [0.15, 0.2) is 6.61 Å². The van der Waals surface area contributed by atoms with Crippen molar-refractivity contribution in [2.75, 3.05) is 6.61 Å². The third-order valence-electron chi connectivity index (χ3n) is 2.68. The number of ether oxygens (including phenoxy) is 1. The van der Waals surface area contributed by atoms with Gasteiger partial charge in [-0.05, 0) is 23.6 Å². The number of carbonyl (C=O) groups is 1. The summed E-state index contributed by atoms with van der Waals surface area (Å²) < 4.78 is 6.89. The van der Waals surface area contributed by atoms with Crippen LogP contribution in [0.2, 0.25) is 0 Å². The minimum absolute atomic E-state index is 0.0118. The number of rotatable bonds is 4. The maximum atomic E-state index is 11.7. The van der Waals surface area contributed by atoms with Crippen LogP contribution in [0.15, 0.2) is 43.0 Å². The van der Waals surface area contributed by atoms with Gasteiger partial charge in [-0.25, -0.2) is 4.98 Å². The molecule has 0 spiro atoms. The number of hydrogen-bond acceptors (Lipinski definition) is 3. The van der Waals surface area contributed by atoms with E-state index in [9.17, 15) is 4.79 Å². The van der Waals surface area contributed by atoms with E-state index in [4.69, 9.17) is 4.74 Å². The fraction of sp³-hybridized carbons (Fsp3) is 0.286. The van der Waals surface area contributed by atoms with Crippen molar-refractivity contribution in [3.8, 4) is 5.75 Å². The molecule has 1 aromatic heterocycles. The first-order chi connectivity index (χ1) is 8.66. The number of nitrogens with zero attached hydrogens (tertiary/aromatic N) is 2. The first-order valence-corrected chi connectivity index (χ1v) is 5.90. The summed E-state index contributed by atoms with van der Waals surface area (Å²) in [5.74, 6) is 1.02. The van der Waals surface area contributed by atoms with Crippen molar-refractivity contribution in [3.05, 3.63) is 48.5 Å². The van der Waals surface area contributed by atoms with Gasteiger partial charge >= 0.3 is 0 Å². The first-order valence-electron chi connectivity index (χ1n) is 5.90. The maximum Gasteiger partial charge on any atom is 0.269 e. The smallest absolute Gasteiger partial charge is 0.269 e. The summed E-state index contributed by atoms with van der Waals surface area (Å²) in [6.45, 7) is 4.25. The SMILES string of the molecule is CC(C)c1cccc(OCC(=O)n2ccnc2)c1. The van der Waals surface area contributed by atoms with Crippen molar-refractivity contribution in [1.29, 1.82) is 0 Å². The highest BCUT2D eigenvalue weighted by atomic mass is 16.5. The van der Waals surface area contributed by atoms with Crippen LogP contribution < -0.4 is 4.74 Å². The van der Waals surface area contributed by atoms with E-state index in [2.05, 4.69) is 24.9 Å². The maximum absolute atomic E-state index is 11.7. The summed E-state index contributed by atoms with van der Waals surface area (Å²) in [6.07, 6.45) is 4.64. The van der Waals surface area contributed by atoms with Gasteiger partial charge in [-0.2, -0.15) is 0 Å². The highest BCUT2D eigenvalue weighted by molar-refractivity contribution is 5.80. The van der Waals surface area contributed by atoms with Crippen LogP contribution in [0.1, 0.15) is 30.1 Å². The lowest BCUT2D eigenvalue weighted by atomic mass is 10.0. The second-order valence-corrected chi connectivity index (χ2v) is 4.38. The van der Waals surface area contributed by atoms with Crippen LogP contribution >= 0.6 is 0 Å². The Morgan fingerprint density at radius 3 is 2.94 bits per heavy atom. The molecule has 0 amide bonds. The average Bonchev–Trinajstić information content (AvgIpc) is 2.90. The fourth-order valence-corrected chi connectivity index (χ4v) is 1.59. The van der Waals surface area contributed by atoms with E-state index in [1.807, 2.05) is 18.2 Å². The van der Waals surface area contributed by atoms with Crippen molar-refractivity contribution < 1.29 is 9.53 Å². The molecule has 0 aliphatic heterocycles. The molecule has 0 fully saturated rings. The molecular weight excluding hydrogens is 228 g/mol. The van der Waals surface area contributed by atoms with Crippen molar-refractivity contribution in [3.63, 3.8) is 0 Å². The van der Waals surface area contributed by atoms with Gasteiger partial charge in [0.2, 0.25) is 0 Å². The lowest BCUT2D eigenvalue weighted by Crippen LogP contribution is -2.17. The highest BCUT2D eigenvalue weighted by Gasteiger charge is 2.06. The molecule has 2 aromatic rings. The number of aromatic nitrogens is 2. The molecule has 0 radical (unpaired) electrons. The molecule has 0 bridgehead atoms. The Balaban J connectivity index is 1.98. The van der Waals surface area contributed by atoms with E-state index in [-0.39, 0.29) is 12.5 Å². The van der Waals surface area contributed by atoms with E-state index in [1.54, 1.807) is 12.4 Å². The first kappa shape index (κ1) is 12.4. The molecule has 1 heterocycles. The van der Waals surface area contributed by atoms with Crippen molar-refractivity contribution in [2.24, 2.45) is 0 Å². The Morgan fingerprint density at radius 1 is 1.44 bits per heavy atom. The second-order valence-electron chi connectivity index (χ2n) is 4.38. The van der Waals surface area contributed by atoms with Crippen LogP contribution in [0.25, 0.3) is 0 Å². The normalized spacial score (nSPS) is 10.6. The molecule has 4 nitrogen and oxygen atoms in total. The number of benzene rings is 1. The van der Waals surface area contributed by atoms with E-state index < -0.39 is 0 Å². The van der Waals surface area contributed by atoms with Gasteiger partial charge in [0.1, 0.15) is 12.1 Å². The molecular formula is C14H16N2O2. The third kappa shape index (κ3) is 2.97. The van der Waals surface area contributed by atoms with E-state index >= 15 is 0 Å². The van der Waals surface area contributed by atoms with Gasteiger partial charge in [0.05, 0.1) is 0 Å². The van der Waals surface area contributed by atoms with Gasteiger partial charge in [-0.15, -0.1) is 0 Å². The van der Waals surface area contributed by atoms with Gasteiger partial charge < -0.3 is 4.74 Å². The molecule has 0 unspecified atom stereocenters. The monoisotopic (exact) mass is 244 g/mol. The molecule has 18 heavy (non-hydrogen) atoms. The Hall–Kier alpha value is -2.10. The average molecular weight is 244 g/mol. The van der Waals surface area contributed by atoms with Gasteiger partial charge in [-0.1, -0.05) is 26.0 Å². The molecule has 0 N–H and O–H groups in total. The predicted octanol–water partition coefficient (Wildman–Crippen LogP) is 2.73. The van der Waals surface area contributed by atoms with Gasteiger partial charge in [-0.3, -0.25) is 9.36 Å². The van der Waals surface area contributed by atoms with E-state index in [0.29, 0.717) is 5.92 Å². The molecule has 0 atom stereocenters. The van der Waals surface area contributed by atoms with Crippen LogP contribution in [0, 0.1) is 0 Å². The molecule has 0 aliphatic rings. The highest BCUT2D eigenvalue weighted by Crippen LogP contribution is 2.19. The summed E-state index contributed by atoms with van der Waals surface area (Å²) in [6, 6.07) is 7.81. The summed E-state index contributed by atoms with van der Waals surface area (Å²) in [5, 5.41) is 0. The summed E-state index contributed by atoms with van der Waals surface area (Å²) in [5.41, 5.74) is 1.20. The van der Waals surface area contributed by atoms with E-state index in [0.717, 1.165) is 5.75 Å². The molecule has 0 saturated heterocycles. The molecule has 4 heteroatoms. The lowest BCUT2D eigenvalue weighted by molar-refractivity contribution is 0.0837. The Kier molecular flexibility index (Phi) is 3.77. The second kappa shape index (κ2) is 5.49. The number of carbonyl (C=O) groups excluding carboxylic acids is 1. The van der Waals surface area contributed by atoms with Crippen LogP contribution in [0.4, 0.5) is 0 Å². The Labute approximate surface area is 106 Å². The fourth-order valence-electron chi connectivity index (χ4n) is 1.59. The van der Waals surface area contributed by atoms with E-state index in [1.165, 1.54) is 16.5 Å². The molecule has 2 rings (SSSR count). The largest absolute Gasteiger partial charge is 0.484 e. The number of hydrogen-bond donors (Lipinski definition) is 0. The minimum atomic E-state index is -0.137. The predicted molar refractivity (Wildman–Crippen MR) is 68.9 cm³/mol. The Morgan fingerprint density at radius 2 is 2.28 bits per heavy atom. The van der Waals surface area contributed by atoms with Crippen LogP contribution in [-0.4, -0.2) is 22.1 Å². The third-order valence-corrected chi connectivity index (χ3v) is 2.68. The number of imidazole rings is 1. The minimum Gasteiger partial charge on any atom is -0.484 e. The summed E-state index contributed by atoms with van der Waals surface area (Å²) >= 11 is 0. The zero-order valence-corrected chi connectivity index (χ0v) is 10.5. The molecule has 94 valence electrons. The zero-order valence-electron chi connectivity index (χ0n) is 10.5. The molecule has 0 aliphatic carbocycles. The van der Waals surface area contributed by atoms with Crippen molar-refractivity contribution >= 4 is 5.91 Å². The van der Waals surface area contributed by atoms with Crippen LogP contribution in [0.5, 0.6) is 5.75 Å². The standard InChI is InChI=1S/C14H16N2O2/c1-11(2)12-4-3-5-13(8-12)18-9-14(17)16-7-6-15-10-16/h3-8,10-11H,9H2,1-2H3. The quantitative estimate of drug-likeness (QED) is 0.830. The topological polar surface area (TPSA) is 44.1 Å². The van der Waals surface area contributed by atoms with Gasteiger partial charge in [0.25, 0.3) is 5.91 Å². The summed E-state index contributed by atoms with van der Waals surface area (Å²) in [7, 11) is 0. The van der Waals surface area contributed by atoms with Crippen LogP contribution in [0.3, 0.4) is 0 Å². The molecule has 1 aromatic carbocycles. The summed E-state index contributed by atoms with van der Waals surface area (Å²) in [4.78, 5) is 15.5. The lowest BCUT2D eigenvalue weighted by Gasteiger charge is -2.09. The van der Waals surface area contributed by atoms with Gasteiger partial charge in [0, 0.05) is 12.4 Å².